The molecule has 0 spiro atoms. The zero-order valence-corrected chi connectivity index (χ0v) is 13.7. The largest absolute Gasteiger partial charge is 0.293 e. The Hall–Kier alpha value is -1.98. The summed E-state index contributed by atoms with van der Waals surface area (Å²) < 4.78 is 5.18. The molecule has 0 unspecified atom stereocenters. The lowest BCUT2D eigenvalue weighted by Crippen LogP contribution is -2.01. The van der Waals surface area contributed by atoms with Crippen molar-refractivity contribution in [3.05, 3.63) is 65.7 Å². The second-order valence-electron chi connectivity index (χ2n) is 4.83. The predicted octanol–water partition coefficient (Wildman–Crippen LogP) is 4.49. The molecule has 3 aromatic rings. The van der Waals surface area contributed by atoms with Crippen LogP contribution in [0.25, 0.3) is 11.4 Å². The highest BCUT2D eigenvalue weighted by Gasteiger charge is 2.10. The van der Waals surface area contributed by atoms with E-state index in [4.69, 9.17) is 0 Å². The van der Waals surface area contributed by atoms with Crippen LogP contribution in [0.15, 0.2) is 58.9 Å². The predicted molar refractivity (Wildman–Crippen MR) is 91.6 cm³/mol. The van der Waals surface area contributed by atoms with E-state index in [0.717, 1.165) is 21.3 Å². The molecule has 3 rings (SSSR count). The molecular weight excluding hydrogens is 312 g/mol. The van der Waals surface area contributed by atoms with Gasteiger partial charge in [-0.25, -0.2) is 4.98 Å². The van der Waals surface area contributed by atoms with Crippen molar-refractivity contribution in [2.45, 2.75) is 11.3 Å². The van der Waals surface area contributed by atoms with Crippen molar-refractivity contribution >= 4 is 29.1 Å². The van der Waals surface area contributed by atoms with Crippen LogP contribution in [0.2, 0.25) is 0 Å². The van der Waals surface area contributed by atoms with Gasteiger partial charge >= 0.3 is 0 Å². The molecule has 0 atom stereocenters. The van der Waals surface area contributed by atoms with E-state index in [2.05, 4.69) is 16.3 Å². The van der Waals surface area contributed by atoms with E-state index < -0.39 is 0 Å². The molecule has 0 saturated carbocycles. The van der Waals surface area contributed by atoms with E-state index in [9.17, 15) is 4.79 Å². The first-order valence-electron chi connectivity index (χ1n) is 6.84. The molecule has 0 N–H and O–H groups in total. The molecule has 0 saturated heterocycles. The average molecular weight is 326 g/mol. The Bertz CT molecular complexity index is 767. The molecule has 3 nitrogen and oxygen atoms in total. The fraction of sp³-hybridized carbons (Fsp3) is 0.118. The van der Waals surface area contributed by atoms with Crippen molar-refractivity contribution in [1.29, 1.82) is 0 Å². The Morgan fingerprint density at radius 1 is 1.09 bits per heavy atom. The monoisotopic (exact) mass is 326 g/mol. The van der Waals surface area contributed by atoms with Gasteiger partial charge in [-0.3, -0.25) is 4.79 Å². The van der Waals surface area contributed by atoms with Gasteiger partial charge in [0.1, 0.15) is 0 Å². The van der Waals surface area contributed by atoms with E-state index in [1.54, 1.807) is 0 Å². The summed E-state index contributed by atoms with van der Waals surface area (Å²) >= 11 is 2.77. The van der Waals surface area contributed by atoms with Gasteiger partial charge in [0.2, 0.25) is 0 Å². The summed E-state index contributed by atoms with van der Waals surface area (Å²) in [7, 11) is 0. The first-order chi connectivity index (χ1) is 10.7. The van der Waals surface area contributed by atoms with Crippen molar-refractivity contribution in [3.63, 3.8) is 0 Å². The number of hydrogen-bond acceptors (Lipinski definition) is 5. The SMILES string of the molecule is Cc1ccc(-c2nsc(SCC(=O)c3ccccc3)n2)cc1. The normalized spacial score (nSPS) is 10.6. The molecule has 1 heterocycles. The van der Waals surface area contributed by atoms with Gasteiger partial charge in [0.05, 0.1) is 5.75 Å². The van der Waals surface area contributed by atoms with Crippen LogP contribution in [0.3, 0.4) is 0 Å². The quantitative estimate of drug-likeness (QED) is 0.512. The van der Waals surface area contributed by atoms with Gasteiger partial charge in [0.15, 0.2) is 15.9 Å². The van der Waals surface area contributed by atoms with Gasteiger partial charge in [0.25, 0.3) is 0 Å². The van der Waals surface area contributed by atoms with Crippen LogP contribution in [-0.4, -0.2) is 20.9 Å². The van der Waals surface area contributed by atoms with Crippen molar-refractivity contribution in [2.24, 2.45) is 0 Å². The molecule has 2 aromatic carbocycles. The first kappa shape index (κ1) is 14.9. The number of carbonyl (C=O) groups excluding carboxylic acids is 1. The van der Waals surface area contributed by atoms with E-state index in [0.29, 0.717) is 5.75 Å². The molecule has 0 fully saturated rings. The standard InChI is InChI=1S/C17H14N2OS2/c1-12-7-9-14(10-8-12)16-18-17(22-19-16)21-11-15(20)13-5-3-2-4-6-13/h2-10H,11H2,1H3. The number of rotatable bonds is 5. The third-order valence-corrected chi connectivity index (χ3v) is 4.97. The topological polar surface area (TPSA) is 42.9 Å². The number of carbonyl (C=O) groups is 1. The van der Waals surface area contributed by atoms with Crippen LogP contribution in [-0.2, 0) is 0 Å². The minimum atomic E-state index is 0.109. The number of hydrogen-bond donors (Lipinski definition) is 0. The third kappa shape index (κ3) is 3.61. The van der Waals surface area contributed by atoms with E-state index in [1.165, 1.54) is 28.9 Å². The number of ketones is 1. The summed E-state index contributed by atoms with van der Waals surface area (Å²) in [5.41, 5.74) is 2.95. The number of aromatic nitrogens is 2. The first-order valence-corrected chi connectivity index (χ1v) is 8.60. The second-order valence-corrected chi connectivity index (χ2v) is 6.80. The summed E-state index contributed by atoms with van der Waals surface area (Å²) in [6.45, 7) is 2.05. The molecule has 110 valence electrons. The van der Waals surface area contributed by atoms with Crippen LogP contribution >= 0.6 is 23.3 Å². The van der Waals surface area contributed by atoms with Gasteiger partial charge in [-0.05, 0) is 18.5 Å². The maximum absolute atomic E-state index is 12.1. The zero-order chi connectivity index (χ0) is 15.4. The molecule has 0 aliphatic heterocycles. The van der Waals surface area contributed by atoms with Crippen LogP contribution in [0.4, 0.5) is 0 Å². The molecule has 22 heavy (non-hydrogen) atoms. The molecule has 0 bridgehead atoms. The Balaban J connectivity index is 1.65. The van der Waals surface area contributed by atoms with Crippen molar-refractivity contribution in [3.8, 4) is 11.4 Å². The number of benzene rings is 2. The Kier molecular flexibility index (Phi) is 4.65. The smallest absolute Gasteiger partial charge is 0.174 e. The maximum Gasteiger partial charge on any atom is 0.174 e. The number of Topliss-reactive ketones (excluding diaryl/α,β-unsaturated/α-hetero) is 1. The average Bonchev–Trinajstić information content (AvgIpc) is 3.03. The molecular formula is C17H14N2OS2. The summed E-state index contributed by atoms with van der Waals surface area (Å²) in [6, 6.07) is 17.4. The van der Waals surface area contributed by atoms with Crippen molar-refractivity contribution in [2.75, 3.05) is 5.75 Å². The van der Waals surface area contributed by atoms with Crippen LogP contribution < -0.4 is 0 Å². The lowest BCUT2D eigenvalue weighted by atomic mass is 10.1. The van der Waals surface area contributed by atoms with Crippen molar-refractivity contribution < 1.29 is 4.79 Å². The Morgan fingerprint density at radius 2 is 1.82 bits per heavy atom. The molecule has 0 radical (unpaired) electrons. The van der Waals surface area contributed by atoms with Crippen molar-refractivity contribution in [1.82, 2.24) is 9.36 Å². The van der Waals surface area contributed by atoms with Gasteiger partial charge in [-0.2, -0.15) is 4.37 Å². The molecule has 1 aromatic heterocycles. The van der Waals surface area contributed by atoms with Crippen LogP contribution in [0.1, 0.15) is 15.9 Å². The highest BCUT2D eigenvalue weighted by Crippen LogP contribution is 2.25. The summed E-state index contributed by atoms with van der Waals surface area (Å²) in [4.78, 5) is 16.6. The third-order valence-electron chi connectivity index (χ3n) is 3.14. The molecule has 0 aliphatic rings. The molecule has 5 heteroatoms. The number of thioether (sulfide) groups is 1. The van der Waals surface area contributed by atoms with Crippen LogP contribution in [0.5, 0.6) is 0 Å². The minimum absolute atomic E-state index is 0.109. The Labute approximate surface area is 137 Å². The van der Waals surface area contributed by atoms with Crippen LogP contribution in [0, 0.1) is 6.92 Å². The van der Waals surface area contributed by atoms with E-state index in [1.807, 2.05) is 54.6 Å². The van der Waals surface area contributed by atoms with Gasteiger partial charge in [0, 0.05) is 11.1 Å². The van der Waals surface area contributed by atoms with Gasteiger partial charge in [-0.15, -0.1) is 0 Å². The minimum Gasteiger partial charge on any atom is -0.293 e. The Morgan fingerprint density at radius 3 is 2.55 bits per heavy atom. The highest BCUT2D eigenvalue weighted by atomic mass is 32.2. The maximum atomic E-state index is 12.1. The van der Waals surface area contributed by atoms with Gasteiger partial charge < -0.3 is 0 Å². The lowest BCUT2D eigenvalue weighted by molar-refractivity contribution is 0.102. The fourth-order valence-corrected chi connectivity index (χ4v) is 3.43. The second kappa shape index (κ2) is 6.85. The molecule has 0 amide bonds. The van der Waals surface area contributed by atoms with E-state index >= 15 is 0 Å². The fourth-order valence-electron chi connectivity index (χ4n) is 1.92. The summed E-state index contributed by atoms with van der Waals surface area (Å²) in [5.74, 6) is 1.21. The number of aryl methyl sites for hydroxylation is 1. The summed E-state index contributed by atoms with van der Waals surface area (Å²) in [6.07, 6.45) is 0. The summed E-state index contributed by atoms with van der Waals surface area (Å²) in [5, 5.41) is 0. The lowest BCUT2D eigenvalue weighted by Gasteiger charge is -1.98. The zero-order valence-electron chi connectivity index (χ0n) is 12.0. The van der Waals surface area contributed by atoms with Gasteiger partial charge in [-0.1, -0.05) is 71.9 Å². The highest BCUT2D eigenvalue weighted by molar-refractivity contribution is 8.01. The molecule has 0 aliphatic carbocycles. The number of nitrogens with zero attached hydrogens (tertiary/aromatic N) is 2. The van der Waals surface area contributed by atoms with E-state index in [-0.39, 0.29) is 5.78 Å².